The predicted molar refractivity (Wildman–Crippen MR) is 80.4 cm³/mol. The van der Waals surface area contributed by atoms with Gasteiger partial charge in [-0.05, 0) is 5.56 Å². The van der Waals surface area contributed by atoms with E-state index in [0.717, 1.165) is 5.56 Å². The maximum absolute atomic E-state index is 13.2. The molecular weight excluding hydrogens is 323 g/mol. The third-order valence-electron chi connectivity index (χ3n) is 4.13. The highest BCUT2D eigenvalue weighted by molar-refractivity contribution is 5.77. The molecule has 1 aromatic carbocycles. The minimum atomic E-state index is -4.57. The van der Waals surface area contributed by atoms with E-state index in [1.807, 2.05) is 6.07 Å². The zero-order valence-corrected chi connectivity index (χ0v) is 12.4. The zero-order valence-electron chi connectivity index (χ0n) is 12.4. The van der Waals surface area contributed by atoms with Crippen LogP contribution in [0.2, 0.25) is 0 Å². The molecular formula is C16H14F3N3O2. The molecule has 1 N–H and O–H groups in total. The summed E-state index contributed by atoms with van der Waals surface area (Å²) in [6.07, 6.45) is -1.80. The van der Waals surface area contributed by atoms with Gasteiger partial charge in [-0.15, -0.1) is 0 Å². The van der Waals surface area contributed by atoms with Crippen LogP contribution >= 0.6 is 0 Å². The topological polar surface area (TPSA) is 66.3 Å². The summed E-state index contributed by atoms with van der Waals surface area (Å²) in [5, 5.41) is 9.14. The summed E-state index contributed by atoms with van der Waals surface area (Å²) in [6.45, 7) is -0.673. The Labute approximate surface area is 135 Å². The highest BCUT2D eigenvalue weighted by Crippen LogP contribution is 2.40. The SMILES string of the molecule is O=C(O)[C@@H]1CN(c2ncncc2-c2ccccc2)C[C@H]1C(F)(F)F. The summed E-state index contributed by atoms with van der Waals surface area (Å²) in [7, 11) is 0. The van der Waals surface area contributed by atoms with Crippen molar-refractivity contribution in [3.63, 3.8) is 0 Å². The Morgan fingerprint density at radius 1 is 1.21 bits per heavy atom. The van der Waals surface area contributed by atoms with Gasteiger partial charge in [-0.3, -0.25) is 4.79 Å². The predicted octanol–water partition coefficient (Wildman–Crippen LogP) is 2.84. The molecule has 0 aliphatic carbocycles. The summed E-state index contributed by atoms with van der Waals surface area (Å²) < 4.78 is 39.5. The van der Waals surface area contributed by atoms with E-state index >= 15 is 0 Å². The molecule has 5 nitrogen and oxygen atoms in total. The van der Waals surface area contributed by atoms with Crippen LogP contribution < -0.4 is 4.90 Å². The zero-order chi connectivity index (χ0) is 17.3. The number of anilines is 1. The maximum Gasteiger partial charge on any atom is 0.394 e. The fourth-order valence-electron chi connectivity index (χ4n) is 2.96. The highest BCUT2D eigenvalue weighted by atomic mass is 19.4. The number of carbonyl (C=O) groups is 1. The first-order valence-electron chi connectivity index (χ1n) is 7.28. The Balaban J connectivity index is 1.98. The third kappa shape index (κ3) is 3.04. The van der Waals surface area contributed by atoms with E-state index in [2.05, 4.69) is 9.97 Å². The van der Waals surface area contributed by atoms with Gasteiger partial charge >= 0.3 is 12.1 Å². The molecule has 3 rings (SSSR count). The average Bonchev–Trinajstić information content (AvgIpc) is 3.01. The van der Waals surface area contributed by atoms with Crippen LogP contribution in [0.25, 0.3) is 11.1 Å². The molecule has 126 valence electrons. The number of halogens is 3. The maximum atomic E-state index is 13.2. The number of carboxylic acids is 1. The van der Waals surface area contributed by atoms with Crippen LogP contribution in [-0.4, -0.2) is 40.3 Å². The molecule has 0 saturated carbocycles. The second kappa shape index (κ2) is 6.10. The summed E-state index contributed by atoms with van der Waals surface area (Å²) >= 11 is 0. The number of rotatable bonds is 3. The number of carboxylic acid groups (broad SMARTS) is 1. The van der Waals surface area contributed by atoms with E-state index in [-0.39, 0.29) is 6.54 Å². The van der Waals surface area contributed by atoms with Gasteiger partial charge in [0.15, 0.2) is 0 Å². The van der Waals surface area contributed by atoms with E-state index in [1.54, 1.807) is 24.3 Å². The van der Waals surface area contributed by atoms with E-state index < -0.39 is 30.5 Å². The van der Waals surface area contributed by atoms with E-state index in [0.29, 0.717) is 11.4 Å². The molecule has 1 aliphatic rings. The van der Waals surface area contributed by atoms with Crippen LogP contribution in [0.15, 0.2) is 42.9 Å². The van der Waals surface area contributed by atoms with Gasteiger partial charge in [0.1, 0.15) is 12.1 Å². The van der Waals surface area contributed by atoms with Gasteiger partial charge in [0.25, 0.3) is 0 Å². The minimum absolute atomic E-state index is 0.240. The van der Waals surface area contributed by atoms with Crippen LogP contribution in [0.3, 0.4) is 0 Å². The lowest BCUT2D eigenvalue weighted by molar-refractivity contribution is -0.187. The third-order valence-corrected chi connectivity index (χ3v) is 4.13. The highest BCUT2D eigenvalue weighted by Gasteiger charge is 2.53. The number of hydrogen-bond acceptors (Lipinski definition) is 4. The molecule has 2 heterocycles. The van der Waals surface area contributed by atoms with Gasteiger partial charge in [-0.25, -0.2) is 9.97 Å². The summed E-state index contributed by atoms with van der Waals surface area (Å²) in [6, 6.07) is 9.02. The van der Waals surface area contributed by atoms with Gasteiger partial charge < -0.3 is 10.0 Å². The lowest BCUT2D eigenvalue weighted by Crippen LogP contribution is -2.33. The Morgan fingerprint density at radius 3 is 2.50 bits per heavy atom. The van der Waals surface area contributed by atoms with Crippen molar-refractivity contribution in [3.05, 3.63) is 42.9 Å². The normalized spacial score (nSPS) is 21.0. The number of benzene rings is 1. The van der Waals surface area contributed by atoms with Crippen molar-refractivity contribution >= 4 is 11.8 Å². The Bertz CT molecular complexity index is 737. The Kier molecular flexibility index (Phi) is 4.13. The fraction of sp³-hybridized carbons (Fsp3) is 0.312. The lowest BCUT2D eigenvalue weighted by atomic mass is 9.96. The number of aromatic nitrogens is 2. The van der Waals surface area contributed by atoms with Crippen molar-refractivity contribution in [2.24, 2.45) is 11.8 Å². The second-order valence-corrected chi connectivity index (χ2v) is 5.62. The molecule has 0 spiro atoms. The van der Waals surface area contributed by atoms with Gasteiger partial charge in [0.05, 0.1) is 11.8 Å². The van der Waals surface area contributed by atoms with E-state index in [4.69, 9.17) is 5.11 Å². The van der Waals surface area contributed by atoms with Crippen LogP contribution in [-0.2, 0) is 4.79 Å². The molecule has 1 aliphatic heterocycles. The Hall–Kier alpha value is -2.64. The van der Waals surface area contributed by atoms with Crippen molar-refractivity contribution < 1.29 is 23.1 Å². The molecule has 1 aromatic heterocycles. The van der Waals surface area contributed by atoms with Gasteiger partial charge in [0, 0.05) is 24.8 Å². The molecule has 8 heteroatoms. The van der Waals surface area contributed by atoms with Gasteiger partial charge in [-0.1, -0.05) is 30.3 Å². The van der Waals surface area contributed by atoms with Gasteiger partial charge in [0.2, 0.25) is 0 Å². The molecule has 24 heavy (non-hydrogen) atoms. The molecule has 2 aromatic rings. The van der Waals surface area contributed by atoms with Crippen LogP contribution in [0.5, 0.6) is 0 Å². The first kappa shape index (κ1) is 16.2. The minimum Gasteiger partial charge on any atom is -0.481 e. The lowest BCUT2D eigenvalue weighted by Gasteiger charge is -2.21. The van der Waals surface area contributed by atoms with Crippen LogP contribution in [0, 0.1) is 11.8 Å². The van der Waals surface area contributed by atoms with Crippen molar-refractivity contribution in [1.29, 1.82) is 0 Å². The number of nitrogens with zero attached hydrogens (tertiary/aromatic N) is 3. The van der Waals surface area contributed by atoms with E-state index in [1.165, 1.54) is 17.4 Å². The fourth-order valence-corrected chi connectivity index (χ4v) is 2.96. The van der Waals surface area contributed by atoms with Gasteiger partial charge in [-0.2, -0.15) is 13.2 Å². The molecule has 0 amide bonds. The summed E-state index contributed by atoms with van der Waals surface area (Å²) in [5.74, 6) is -4.57. The van der Waals surface area contributed by atoms with Crippen molar-refractivity contribution in [1.82, 2.24) is 9.97 Å². The molecule has 1 saturated heterocycles. The van der Waals surface area contributed by atoms with Crippen LogP contribution in [0.4, 0.5) is 19.0 Å². The largest absolute Gasteiger partial charge is 0.481 e. The molecule has 2 atom stereocenters. The number of aliphatic carboxylic acids is 1. The van der Waals surface area contributed by atoms with Crippen LogP contribution in [0.1, 0.15) is 0 Å². The molecule has 0 radical (unpaired) electrons. The smallest absolute Gasteiger partial charge is 0.394 e. The van der Waals surface area contributed by atoms with Crippen molar-refractivity contribution in [2.75, 3.05) is 18.0 Å². The van der Waals surface area contributed by atoms with E-state index in [9.17, 15) is 18.0 Å². The summed E-state index contributed by atoms with van der Waals surface area (Å²) in [4.78, 5) is 20.6. The molecule has 0 unspecified atom stereocenters. The molecule has 1 fully saturated rings. The second-order valence-electron chi connectivity index (χ2n) is 5.62. The number of hydrogen-bond donors (Lipinski definition) is 1. The van der Waals surface area contributed by atoms with Crippen molar-refractivity contribution in [2.45, 2.75) is 6.18 Å². The van der Waals surface area contributed by atoms with Crippen molar-refractivity contribution in [3.8, 4) is 11.1 Å². The standard InChI is InChI=1S/C16H14F3N3O2/c17-16(18,19)13-8-22(7-12(13)15(23)24)14-11(6-20-9-21-14)10-4-2-1-3-5-10/h1-6,9,12-13H,7-8H2,(H,23,24)/t12-,13-/m1/s1. The first-order valence-corrected chi connectivity index (χ1v) is 7.28. The first-order chi connectivity index (χ1) is 11.4. The summed E-state index contributed by atoms with van der Waals surface area (Å²) in [5.41, 5.74) is 1.33. The molecule has 0 bridgehead atoms. The average molecular weight is 337 g/mol. The Morgan fingerprint density at radius 2 is 1.92 bits per heavy atom. The quantitative estimate of drug-likeness (QED) is 0.933. The monoisotopic (exact) mass is 337 g/mol. The number of alkyl halides is 3.